The number of hydrogen-bond acceptors (Lipinski definition) is 3. The van der Waals surface area contributed by atoms with Gasteiger partial charge >= 0.3 is 6.18 Å². The largest absolute Gasteiger partial charge is 0.419 e. The van der Waals surface area contributed by atoms with Crippen LogP contribution in [0.1, 0.15) is 18.4 Å². The molecular formula is C12H15ClF4N2O2S. The van der Waals surface area contributed by atoms with Crippen LogP contribution in [0, 0.1) is 5.82 Å². The second-order valence-electron chi connectivity index (χ2n) is 4.79. The first-order valence-electron chi connectivity index (χ1n) is 6.26. The first-order chi connectivity index (χ1) is 9.67. The Hall–Kier alpha value is -0.900. The summed E-state index contributed by atoms with van der Waals surface area (Å²) in [7, 11) is -4.04. The van der Waals surface area contributed by atoms with Crippen molar-refractivity contribution in [1.29, 1.82) is 0 Å². The minimum Gasteiger partial charge on any atom is -0.329 e. The zero-order chi connectivity index (χ0) is 15.8. The molecule has 4 nitrogen and oxygen atoms in total. The van der Waals surface area contributed by atoms with E-state index >= 15 is 0 Å². The van der Waals surface area contributed by atoms with Crippen LogP contribution in [0.25, 0.3) is 0 Å². The Bertz CT molecular complexity index is 637. The number of nitrogens with two attached hydrogens (primary N) is 1. The van der Waals surface area contributed by atoms with Crippen molar-refractivity contribution < 1.29 is 26.0 Å². The molecule has 10 heteroatoms. The van der Waals surface area contributed by atoms with Gasteiger partial charge in [0.25, 0.3) is 0 Å². The van der Waals surface area contributed by atoms with Crippen molar-refractivity contribution in [1.82, 2.24) is 4.31 Å². The van der Waals surface area contributed by atoms with E-state index in [1.165, 1.54) is 0 Å². The standard InChI is InChI=1S/C12H14F4N2O2S.ClH/c13-11-6-9(3-4-10(11)12(14,15)16)21(19,20)18-5-1-2-8(18)7-17;/h3-4,6,8H,1-2,5,7,17H2;1H. The third-order valence-corrected chi connectivity index (χ3v) is 5.40. The molecule has 1 atom stereocenters. The van der Waals surface area contributed by atoms with Gasteiger partial charge < -0.3 is 5.73 Å². The first-order valence-corrected chi connectivity index (χ1v) is 7.70. The van der Waals surface area contributed by atoms with E-state index < -0.39 is 38.5 Å². The third kappa shape index (κ3) is 3.53. The van der Waals surface area contributed by atoms with E-state index in [1.54, 1.807) is 0 Å². The SMILES string of the molecule is Cl.NCC1CCCN1S(=O)(=O)c1ccc(C(F)(F)F)c(F)c1. The van der Waals surface area contributed by atoms with Gasteiger partial charge in [-0.05, 0) is 31.0 Å². The van der Waals surface area contributed by atoms with Crippen LogP contribution < -0.4 is 5.73 Å². The molecule has 2 N–H and O–H groups in total. The summed E-state index contributed by atoms with van der Waals surface area (Å²) in [5.41, 5.74) is 3.99. The van der Waals surface area contributed by atoms with Gasteiger partial charge in [-0.1, -0.05) is 0 Å². The fraction of sp³-hybridized carbons (Fsp3) is 0.500. The van der Waals surface area contributed by atoms with Gasteiger partial charge in [-0.3, -0.25) is 0 Å². The Morgan fingerprint density at radius 3 is 2.45 bits per heavy atom. The molecule has 0 aliphatic carbocycles. The summed E-state index contributed by atoms with van der Waals surface area (Å²) in [4.78, 5) is -0.492. The van der Waals surface area contributed by atoms with Crippen LogP contribution in [0.2, 0.25) is 0 Å². The van der Waals surface area contributed by atoms with Crippen molar-refractivity contribution in [3.05, 3.63) is 29.6 Å². The molecule has 0 saturated carbocycles. The zero-order valence-electron chi connectivity index (χ0n) is 11.3. The van der Waals surface area contributed by atoms with E-state index in [2.05, 4.69) is 0 Å². The minimum absolute atomic E-state index is 0. The quantitative estimate of drug-likeness (QED) is 0.840. The summed E-state index contributed by atoms with van der Waals surface area (Å²) in [6, 6.07) is 1.22. The van der Waals surface area contributed by atoms with E-state index in [4.69, 9.17) is 5.73 Å². The summed E-state index contributed by atoms with van der Waals surface area (Å²) in [6.07, 6.45) is -3.66. The first kappa shape index (κ1) is 19.1. The summed E-state index contributed by atoms with van der Waals surface area (Å²) < 4.78 is 76.7. The molecule has 22 heavy (non-hydrogen) atoms. The second-order valence-corrected chi connectivity index (χ2v) is 6.68. The van der Waals surface area contributed by atoms with Crippen molar-refractivity contribution in [3.63, 3.8) is 0 Å². The third-order valence-electron chi connectivity index (χ3n) is 3.45. The average Bonchev–Trinajstić information content (AvgIpc) is 2.86. The number of benzene rings is 1. The van der Waals surface area contributed by atoms with Crippen molar-refractivity contribution in [2.75, 3.05) is 13.1 Å². The van der Waals surface area contributed by atoms with E-state index in [1.807, 2.05) is 0 Å². The van der Waals surface area contributed by atoms with E-state index in [0.29, 0.717) is 25.0 Å². The van der Waals surface area contributed by atoms with Crippen LogP contribution in [0.5, 0.6) is 0 Å². The summed E-state index contributed by atoms with van der Waals surface area (Å²) in [5.74, 6) is -1.60. The van der Waals surface area contributed by atoms with Crippen molar-refractivity contribution in [2.45, 2.75) is 30.0 Å². The molecule has 1 aromatic rings. The number of hydrogen-bond donors (Lipinski definition) is 1. The molecule has 1 unspecified atom stereocenters. The van der Waals surface area contributed by atoms with Crippen LogP contribution >= 0.6 is 12.4 Å². The van der Waals surface area contributed by atoms with Crippen LogP contribution in [0.4, 0.5) is 17.6 Å². The zero-order valence-corrected chi connectivity index (χ0v) is 12.9. The molecule has 1 aliphatic rings. The van der Waals surface area contributed by atoms with Gasteiger partial charge in [-0.15, -0.1) is 12.4 Å². The molecule has 1 saturated heterocycles. The van der Waals surface area contributed by atoms with Crippen LogP contribution in [-0.4, -0.2) is 31.9 Å². The van der Waals surface area contributed by atoms with Crippen LogP contribution in [-0.2, 0) is 16.2 Å². The van der Waals surface area contributed by atoms with Gasteiger partial charge in [-0.25, -0.2) is 12.8 Å². The summed E-state index contributed by atoms with van der Waals surface area (Å²) in [5, 5.41) is 0. The van der Waals surface area contributed by atoms with Gasteiger partial charge in [-0.2, -0.15) is 17.5 Å². The lowest BCUT2D eigenvalue weighted by Gasteiger charge is -2.23. The van der Waals surface area contributed by atoms with Crippen LogP contribution in [0.15, 0.2) is 23.1 Å². The topological polar surface area (TPSA) is 63.4 Å². The molecule has 1 fully saturated rings. The Balaban J connectivity index is 0.00000242. The lowest BCUT2D eigenvalue weighted by atomic mass is 10.2. The highest BCUT2D eigenvalue weighted by molar-refractivity contribution is 7.89. The number of sulfonamides is 1. The number of halogens is 5. The fourth-order valence-corrected chi connectivity index (χ4v) is 4.10. The molecule has 0 amide bonds. The van der Waals surface area contributed by atoms with E-state index in [0.717, 1.165) is 10.4 Å². The molecule has 0 bridgehead atoms. The van der Waals surface area contributed by atoms with Gasteiger partial charge in [0.2, 0.25) is 10.0 Å². The molecule has 0 radical (unpaired) electrons. The number of nitrogens with zero attached hydrogens (tertiary/aromatic N) is 1. The normalized spacial score (nSPS) is 20.0. The molecular weight excluding hydrogens is 348 g/mol. The molecule has 1 heterocycles. The monoisotopic (exact) mass is 362 g/mol. The molecule has 1 aliphatic heterocycles. The van der Waals surface area contributed by atoms with Gasteiger partial charge in [0.1, 0.15) is 5.82 Å². The van der Waals surface area contributed by atoms with Crippen LogP contribution in [0.3, 0.4) is 0 Å². The predicted octanol–water partition coefficient (Wildman–Crippen LogP) is 2.38. The van der Waals surface area contributed by atoms with Gasteiger partial charge in [0.05, 0.1) is 10.5 Å². The Morgan fingerprint density at radius 2 is 1.95 bits per heavy atom. The molecule has 0 spiro atoms. The highest BCUT2D eigenvalue weighted by Crippen LogP contribution is 2.33. The van der Waals surface area contributed by atoms with E-state index in [9.17, 15) is 26.0 Å². The Kier molecular flexibility index (Phi) is 5.82. The minimum atomic E-state index is -4.86. The molecule has 126 valence electrons. The van der Waals surface area contributed by atoms with Crippen molar-refractivity contribution in [3.8, 4) is 0 Å². The maximum absolute atomic E-state index is 13.5. The Labute approximate surface area is 131 Å². The molecule has 1 aromatic carbocycles. The summed E-state index contributed by atoms with van der Waals surface area (Å²) in [6.45, 7) is 0.342. The fourth-order valence-electron chi connectivity index (χ4n) is 2.38. The van der Waals surface area contributed by atoms with Gasteiger partial charge in [0.15, 0.2) is 0 Å². The maximum Gasteiger partial charge on any atom is 0.419 e. The summed E-state index contributed by atoms with van der Waals surface area (Å²) >= 11 is 0. The lowest BCUT2D eigenvalue weighted by molar-refractivity contribution is -0.140. The molecule has 2 rings (SSSR count). The van der Waals surface area contributed by atoms with Crippen molar-refractivity contribution >= 4 is 22.4 Å². The molecule has 0 aromatic heterocycles. The predicted molar refractivity (Wildman–Crippen MR) is 74.6 cm³/mol. The van der Waals surface area contributed by atoms with Gasteiger partial charge in [0, 0.05) is 19.1 Å². The van der Waals surface area contributed by atoms with Crippen molar-refractivity contribution in [2.24, 2.45) is 5.73 Å². The number of alkyl halides is 3. The lowest BCUT2D eigenvalue weighted by Crippen LogP contribution is -2.39. The Morgan fingerprint density at radius 1 is 1.32 bits per heavy atom. The second kappa shape index (κ2) is 6.69. The smallest absolute Gasteiger partial charge is 0.329 e. The average molecular weight is 363 g/mol. The number of rotatable bonds is 3. The highest BCUT2D eigenvalue weighted by Gasteiger charge is 2.37. The highest BCUT2D eigenvalue weighted by atomic mass is 35.5. The van der Waals surface area contributed by atoms with E-state index in [-0.39, 0.29) is 25.5 Å². The maximum atomic E-state index is 13.5.